The van der Waals surface area contributed by atoms with Crippen LogP contribution in [0.15, 0.2) is 76.4 Å². The molecule has 3 atom stereocenters. The van der Waals surface area contributed by atoms with Gasteiger partial charge in [0.15, 0.2) is 0 Å². The molecule has 0 radical (unpaired) electrons. The standard InChI is InChI=1S/C24H26N2O4/c1-17-14-25(24(28)26(23(17)27)15-19-9-5-3-6-10-19)22-13-21(18(2)30-22)29-16-20-11-7-4-8-12-20/h3-12,14,18,21-22H,13,15-16H2,1-2H3. The molecule has 6 nitrogen and oxygen atoms in total. The Bertz CT molecular complexity index is 1110. The van der Waals surface area contributed by atoms with Gasteiger partial charge < -0.3 is 9.47 Å². The van der Waals surface area contributed by atoms with Crippen LogP contribution in [0.3, 0.4) is 0 Å². The van der Waals surface area contributed by atoms with E-state index in [4.69, 9.17) is 9.47 Å². The molecule has 0 amide bonds. The van der Waals surface area contributed by atoms with Gasteiger partial charge in [-0.2, -0.15) is 0 Å². The molecule has 1 aromatic heterocycles. The maximum atomic E-state index is 13.1. The monoisotopic (exact) mass is 406 g/mol. The van der Waals surface area contributed by atoms with Gasteiger partial charge in [0.1, 0.15) is 6.23 Å². The van der Waals surface area contributed by atoms with E-state index in [2.05, 4.69) is 0 Å². The van der Waals surface area contributed by atoms with E-state index >= 15 is 0 Å². The molecule has 3 unspecified atom stereocenters. The maximum absolute atomic E-state index is 13.1. The third-order valence-electron chi connectivity index (χ3n) is 5.50. The number of rotatable bonds is 6. The molecule has 30 heavy (non-hydrogen) atoms. The molecule has 0 saturated carbocycles. The molecule has 3 aromatic rings. The molecular weight excluding hydrogens is 380 g/mol. The zero-order chi connectivity index (χ0) is 21.1. The summed E-state index contributed by atoms with van der Waals surface area (Å²) in [5.41, 5.74) is 1.87. The Morgan fingerprint density at radius 2 is 1.63 bits per heavy atom. The van der Waals surface area contributed by atoms with Gasteiger partial charge in [-0.05, 0) is 25.0 Å². The van der Waals surface area contributed by atoms with Gasteiger partial charge in [-0.25, -0.2) is 4.79 Å². The first-order valence-electron chi connectivity index (χ1n) is 10.2. The van der Waals surface area contributed by atoms with Gasteiger partial charge in [0.2, 0.25) is 0 Å². The lowest BCUT2D eigenvalue weighted by Gasteiger charge is -2.17. The van der Waals surface area contributed by atoms with Crippen LogP contribution in [0.4, 0.5) is 0 Å². The predicted octanol–water partition coefficient (Wildman–Crippen LogP) is 3.26. The minimum absolute atomic E-state index is 0.128. The van der Waals surface area contributed by atoms with Crippen LogP contribution < -0.4 is 11.2 Å². The summed E-state index contributed by atoms with van der Waals surface area (Å²) in [4.78, 5) is 25.8. The topological polar surface area (TPSA) is 62.5 Å². The minimum Gasteiger partial charge on any atom is -0.371 e. The SMILES string of the molecule is Cc1cn(C2CC(OCc3ccccc3)C(C)O2)c(=O)n(Cc2ccccc2)c1=O. The molecule has 4 rings (SSSR count). The predicted molar refractivity (Wildman–Crippen MR) is 114 cm³/mol. The van der Waals surface area contributed by atoms with Crippen molar-refractivity contribution >= 4 is 0 Å². The third-order valence-corrected chi connectivity index (χ3v) is 5.50. The Labute approximate surface area is 175 Å². The molecule has 0 bridgehead atoms. The van der Waals surface area contributed by atoms with Crippen LogP contribution in [0.25, 0.3) is 0 Å². The first-order chi connectivity index (χ1) is 14.5. The van der Waals surface area contributed by atoms with Gasteiger partial charge in [0.05, 0.1) is 25.4 Å². The van der Waals surface area contributed by atoms with Gasteiger partial charge in [0.25, 0.3) is 5.56 Å². The summed E-state index contributed by atoms with van der Waals surface area (Å²) in [5.74, 6) is 0. The summed E-state index contributed by atoms with van der Waals surface area (Å²) >= 11 is 0. The van der Waals surface area contributed by atoms with Crippen LogP contribution >= 0.6 is 0 Å². The lowest BCUT2D eigenvalue weighted by atomic mass is 10.2. The van der Waals surface area contributed by atoms with E-state index in [0.717, 1.165) is 11.1 Å². The van der Waals surface area contributed by atoms with Crippen molar-refractivity contribution in [3.63, 3.8) is 0 Å². The fourth-order valence-corrected chi connectivity index (χ4v) is 3.81. The molecule has 156 valence electrons. The molecule has 1 aliphatic rings. The normalized spacial score (nSPS) is 21.1. The smallest absolute Gasteiger partial charge is 0.333 e. The highest BCUT2D eigenvalue weighted by Crippen LogP contribution is 2.30. The number of ether oxygens (including phenoxy) is 2. The van der Waals surface area contributed by atoms with Crippen LogP contribution in [-0.4, -0.2) is 21.3 Å². The fraction of sp³-hybridized carbons (Fsp3) is 0.333. The highest BCUT2D eigenvalue weighted by Gasteiger charge is 2.35. The van der Waals surface area contributed by atoms with E-state index in [1.54, 1.807) is 13.1 Å². The molecule has 6 heteroatoms. The second-order valence-electron chi connectivity index (χ2n) is 7.75. The number of aromatic nitrogens is 2. The fourth-order valence-electron chi connectivity index (χ4n) is 3.81. The van der Waals surface area contributed by atoms with Crippen LogP contribution in [0.5, 0.6) is 0 Å². The Kier molecular flexibility index (Phi) is 5.97. The van der Waals surface area contributed by atoms with E-state index < -0.39 is 6.23 Å². The second kappa shape index (κ2) is 8.81. The van der Waals surface area contributed by atoms with Crippen molar-refractivity contribution in [2.24, 2.45) is 0 Å². The first-order valence-corrected chi connectivity index (χ1v) is 10.2. The van der Waals surface area contributed by atoms with E-state index in [1.165, 1.54) is 9.13 Å². The number of hydrogen-bond acceptors (Lipinski definition) is 4. The summed E-state index contributed by atoms with van der Waals surface area (Å²) in [6.45, 7) is 4.40. The highest BCUT2D eigenvalue weighted by atomic mass is 16.6. The quantitative estimate of drug-likeness (QED) is 0.630. The summed E-state index contributed by atoms with van der Waals surface area (Å²) in [6, 6.07) is 19.5. The van der Waals surface area contributed by atoms with Crippen molar-refractivity contribution in [2.45, 2.75) is 51.9 Å². The Balaban J connectivity index is 1.55. The Morgan fingerprint density at radius 3 is 2.30 bits per heavy atom. The van der Waals surface area contributed by atoms with E-state index in [-0.39, 0.29) is 30.0 Å². The van der Waals surface area contributed by atoms with Gasteiger partial charge >= 0.3 is 5.69 Å². The molecule has 0 aliphatic carbocycles. The molecule has 2 heterocycles. The summed E-state index contributed by atoms with van der Waals surface area (Å²) in [6.07, 6.45) is 1.41. The number of aryl methyl sites for hydroxylation is 1. The average molecular weight is 406 g/mol. The van der Waals surface area contributed by atoms with Crippen molar-refractivity contribution < 1.29 is 9.47 Å². The van der Waals surface area contributed by atoms with E-state index in [9.17, 15) is 9.59 Å². The lowest BCUT2D eigenvalue weighted by molar-refractivity contribution is -0.0344. The molecule has 1 saturated heterocycles. The van der Waals surface area contributed by atoms with E-state index in [0.29, 0.717) is 18.6 Å². The molecule has 1 aliphatic heterocycles. The van der Waals surface area contributed by atoms with Crippen LogP contribution in [0, 0.1) is 6.92 Å². The van der Waals surface area contributed by atoms with Crippen molar-refractivity contribution in [1.29, 1.82) is 0 Å². The zero-order valence-electron chi connectivity index (χ0n) is 17.2. The average Bonchev–Trinajstić information content (AvgIpc) is 3.14. The summed E-state index contributed by atoms with van der Waals surface area (Å²) in [5, 5.41) is 0. The zero-order valence-corrected chi connectivity index (χ0v) is 17.2. The molecule has 2 aromatic carbocycles. The van der Waals surface area contributed by atoms with Crippen LogP contribution in [-0.2, 0) is 22.6 Å². The third kappa shape index (κ3) is 4.30. The second-order valence-corrected chi connectivity index (χ2v) is 7.75. The first kappa shape index (κ1) is 20.3. The van der Waals surface area contributed by atoms with E-state index in [1.807, 2.05) is 67.6 Å². The highest BCUT2D eigenvalue weighted by molar-refractivity contribution is 5.16. The van der Waals surface area contributed by atoms with Crippen molar-refractivity contribution in [3.05, 3.63) is 104 Å². The molecule has 0 N–H and O–H groups in total. The lowest BCUT2D eigenvalue weighted by Crippen LogP contribution is -2.42. The maximum Gasteiger partial charge on any atom is 0.333 e. The van der Waals surface area contributed by atoms with Crippen LogP contribution in [0.1, 0.15) is 36.3 Å². The van der Waals surface area contributed by atoms with Gasteiger partial charge in [-0.1, -0.05) is 60.7 Å². The van der Waals surface area contributed by atoms with Crippen molar-refractivity contribution in [3.8, 4) is 0 Å². The largest absolute Gasteiger partial charge is 0.371 e. The van der Waals surface area contributed by atoms with Crippen LogP contribution in [0.2, 0.25) is 0 Å². The molecule has 0 spiro atoms. The number of nitrogens with zero attached hydrogens (tertiary/aromatic N) is 2. The van der Waals surface area contributed by atoms with Gasteiger partial charge in [-0.3, -0.25) is 13.9 Å². The number of benzene rings is 2. The Morgan fingerprint density at radius 1 is 1.00 bits per heavy atom. The Hall–Kier alpha value is -2.96. The summed E-state index contributed by atoms with van der Waals surface area (Å²) in [7, 11) is 0. The minimum atomic E-state index is -0.463. The number of hydrogen-bond donors (Lipinski definition) is 0. The van der Waals surface area contributed by atoms with Crippen molar-refractivity contribution in [2.75, 3.05) is 0 Å². The van der Waals surface area contributed by atoms with Crippen molar-refractivity contribution in [1.82, 2.24) is 9.13 Å². The summed E-state index contributed by atoms with van der Waals surface area (Å²) < 4.78 is 14.9. The molecule has 1 fully saturated rings. The van der Waals surface area contributed by atoms with Gasteiger partial charge in [-0.15, -0.1) is 0 Å². The van der Waals surface area contributed by atoms with Gasteiger partial charge in [0, 0.05) is 18.2 Å². The molecular formula is C24H26N2O4.